The second kappa shape index (κ2) is 8.52. The number of rotatable bonds is 3. The Hall–Kier alpha value is -2.81. The Bertz CT molecular complexity index is 1320. The molecule has 0 aliphatic carbocycles. The molecule has 0 saturated carbocycles. The van der Waals surface area contributed by atoms with E-state index in [-0.39, 0.29) is 26.9 Å². The number of thiophene rings is 1. The Morgan fingerprint density at radius 2 is 1.79 bits per heavy atom. The van der Waals surface area contributed by atoms with Crippen molar-refractivity contribution in [3.63, 3.8) is 0 Å². The number of hydrogen-bond donors (Lipinski definition) is 1. The molecule has 1 N–H and O–H groups in total. The number of carbonyl (C=O) groups excluding carboxylic acids is 2. The molecule has 1 aromatic heterocycles. The lowest BCUT2D eigenvalue weighted by Crippen LogP contribution is -2.29. The van der Waals surface area contributed by atoms with Crippen LogP contribution in [0.2, 0.25) is 10.0 Å². The van der Waals surface area contributed by atoms with Gasteiger partial charge in [0.2, 0.25) is 0 Å². The van der Waals surface area contributed by atoms with E-state index in [9.17, 15) is 27.9 Å². The third-order valence-corrected chi connectivity index (χ3v) is 7.05. The predicted molar refractivity (Wildman–Crippen MR) is 122 cm³/mol. The van der Waals surface area contributed by atoms with E-state index < -0.39 is 35.2 Å². The minimum atomic E-state index is -4.64. The topological polar surface area (TPSA) is 57.6 Å². The summed E-state index contributed by atoms with van der Waals surface area (Å²) in [5.74, 6) is -2.57. The van der Waals surface area contributed by atoms with Crippen molar-refractivity contribution >= 4 is 57.7 Å². The van der Waals surface area contributed by atoms with Crippen molar-refractivity contribution in [2.24, 2.45) is 0 Å². The maximum atomic E-state index is 13.3. The molecule has 1 atom stereocenters. The van der Waals surface area contributed by atoms with Crippen LogP contribution in [0, 0.1) is 6.92 Å². The molecule has 33 heavy (non-hydrogen) atoms. The van der Waals surface area contributed by atoms with Gasteiger partial charge in [0.15, 0.2) is 0 Å². The molecule has 1 saturated heterocycles. The van der Waals surface area contributed by atoms with Crippen LogP contribution in [0.4, 0.5) is 18.9 Å². The van der Waals surface area contributed by atoms with Crippen LogP contribution in [0.15, 0.2) is 59.5 Å². The van der Waals surface area contributed by atoms with E-state index in [2.05, 4.69) is 0 Å². The van der Waals surface area contributed by atoms with Gasteiger partial charge >= 0.3 is 6.18 Å². The Kier molecular flexibility index (Phi) is 6.03. The molecular weight excluding hydrogens is 498 g/mol. The Morgan fingerprint density at radius 1 is 1.06 bits per heavy atom. The number of nitrogens with zero attached hydrogens (tertiary/aromatic N) is 1. The highest BCUT2D eigenvalue weighted by atomic mass is 35.5. The zero-order valence-electron chi connectivity index (χ0n) is 16.8. The third kappa shape index (κ3) is 4.14. The Morgan fingerprint density at radius 3 is 2.39 bits per heavy atom. The van der Waals surface area contributed by atoms with Gasteiger partial charge in [0.25, 0.3) is 11.7 Å². The molecule has 2 aromatic carbocycles. The van der Waals surface area contributed by atoms with Crippen molar-refractivity contribution in [3.8, 4) is 0 Å². The molecule has 1 fully saturated rings. The molecule has 10 heteroatoms. The second-order valence-corrected chi connectivity index (χ2v) is 9.08. The van der Waals surface area contributed by atoms with Gasteiger partial charge in [-0.2, -0.15) is 13.2 Å². The summed E-state index contributed by atoms with van der Waals surface area (Å²) in [6.07, 6.45) is -4.64. The number of ketones is 1. The van der Waals surface area contributed by atoms with Crippen molar-refractivity contribution in [2.75, 3.05) is 4.90 Å². The molecule has 1 aliphatic rings. The summed E-state index contributed by atoms with van der Waals surface area (Å²) in [5, 5.41) is 13.1. The molecule has 1 amide bonds. The van der Waals surface area contributed by atoms with Gasteiger partial charge in [0.1, 0.15) is 11.8 Å². The van der Waals surface area contributed by atoms with Crippen molar-refractivity contribution in [3.05, 3.63) is 91.1 Å². The molecule has 0 bridgehead atoms. The minimum Gasteiger partial charge on any atom is -0.507 e. The van der Waals surface area contributed by atoms with Crippen LogP contribution in [0.1, 0.15) is 27.6 Å². The number of aliphatic hydroxyl groups is 1. The number of halogens is 5. The summed E-state index contributed by atoms with van der Waals surface area (Å²) in [6.45, 7) is 1.75. The first kappa shape index (κ1) is 23.4. The smallest absolute Gasteiger partial charge is 0.416 e. The molecule has 4 rings (SSSR count). The highest BCUT2D eigenvalue weighted by molar-refractivity contribution is 7.10. The van der Waals surface area contributed by atoms with E-state index in [0.717, 1.165) is 23.1 Å². The van der Waals surface area contributed by atoms with Gasteiger partial charge < -0.3 is 5.11 Å². The molecule has 0 spiro atoms. The van der Waals surface area contributed by atoms with E-state index in [1.54, 1.807) is 18.4 Å². The predicted octanol–water partition coefficient (Wildman–Crippen LogP) is 7.01. The van der Waals surface area contributed by atoms with Gasteiger partial charge in [-0.3, -0.25) is 14.5 Å². The monoisotopic (exact) mass is 511 g/mol. The van der Waals surface area contributed by atoms with E-state index >= 15 is 0 Å². The first-order chi connectivity index (χ1) is 15.5. The van der Waals surface area contributed by atoms with Crippen molar-refractivity contribution < 1.29 is 27.9 Å². The van der Waals surface area contributed by atoms with Gasteiger partial charge in [-0.25, -0.2) is 0 Å². The lowest BCUT2D eigenvalue weighted by molar-refractivity contribution is -0.137. The molecule has 170 valence electrons. The van der Waals surface area contributed by atoms with Crippen LogP contribution in [-0.4, -0.2) is 16.8 Å². The van der Waals surface area contributed by atoms with E-state index in [1.165, 1.54) is 35.6 Å². The molecule has 1 aliphatic heterocycles. The highest BCUT2D eigenvalue weighted by Gasteiger charge is 2.48. The summed E-state index contributed by atoms with van der Waals surface area (Å²) in [6, 6.07) is 8.99. The standard InChI is InChI=1S/C23H14Cl2F3NO3S/c1-11-7-8-33-21(11)18-17(19(30)12-5-6-15(24)16(25)9-12)20(31)22(32)29(18)14-4-2-3-13(10-14)23(26,27)28/h2-10,18,30H,1H3/b19-17-. The summed E-state index contributed by atoms with van der Waals surface area (Å²) >= 11 is 13.2. The quantitative estimate of drug-likeness (QED) is 0.233. The summed E-state index contributed by atoms with van der Waals surface area (Å²) < 4.78 is 40.0. The van der Waals surface area contributed by atoms with Crippen molar-refractivity contribution in [2.45, 2.75) is 19.1 Å². The van der Waals surface area contributed by atoms with E-state index in [4.69, 9.17) is 23.2 Å². The van der Waals surface area contributed by atoms with Gasteiger partial charge in [-0.05, 0) is 60.3 Å². The average Bonchev–Trinajstić information content (AvgIpc) is 3.29. The third-order valence-electron chi connectivity index (χ3n) is 5.24. The van der Waals surface area contributed by atoms with Crippen LogP contribution < -0.4 is 4.90 Å². The molecule has 0 radical (unpaired) electrons. The zero-order chi connectivity index (χ0) is 24.1. The summed E-state index contributed by atoms with van der Waals surface area (Å²) in [4.78, 5) is 27.6. The minimum absolute atomic E-state index is 0.113. The van der Waals surface area contributed by atoms with Crippen LogP contribution in [-0.2, 0) is 15.8 Å². The first-order valence-corrected chi connectivity index (χ1v) is 11.1. The van der Waals surface area contributed by atoms with Gasteiger partial charge in [-0.15, -0.1) is 11.3 Å². The van der Waals surface area contributed by atoms with Crippen molar-refractivity contribution in [1.29, 1.82) is 0 Å². The number of benzene rings is 2. The van der Waals surface area contributed by atoms with Gasteiger partial charge in [0.05, 0.1) is 21.2 Å². The van der Waals surface area contributed by atoms with Crippen LogP contribution >= 0.6 is 34.5 Å². The van der Waals surface area contributed by atoms with Gasteiger partial charge in [-0.1, -0.05) is 29.3 Å². The molecular formula is C23H14Cl2F3NO3S. The number of carbonyl (C=O) groups is 2. The fourth-order valence-electron chi connectivity index (χ4n) is 3.64. The number of hydrogen-bond acceptors (Lipinski definition) is 4. The number of alkyl halides is 3. The maximum absolute atomic E-state index is 13.3. The van der Waals surface area contributed by atoms with Crippen molar-refractivity contribution in [1.82, 2.24) is 0 Å². The van der Waals surface area contributed by atoms with Crippen LogP contribution in [0.25, 0.3) is 5.76 Å². The maximum Gasteiger partial charge on any atom is 0.416 e. The summed E-state index contributed by atoms with van der Waals surface area (Å²) in [5.41, 5.74) is -0.470. The lowest BCUT2D eigenvalue weighted by atomic mass is 9.98. The molecule has 2 heterocycles. The largest absolute Gasteiger partial charge is 0.507 e. The fraction of sp³-hybridized carbons (Fsp3) is 0.130. The lowest BCUT2D eigenvalue weighted by Gasteiger charge is -2.25. The number of anilines is 1. The second-order valence-electron chi connectivity index (χ2n) is 7.31. The molecule has 3 aromatic rings. The van der Waals surface area contributed by atoms with Crippen LogP contribution in [0.3, 0.4) is 0 Å². The molecule has 1 unspecified atom stereocenters. The number of aliphatic hydroxyl groups excluding tert-OH is 1. The average molecular weight is 512 g/mol. The molecule has 4 nitrogen and oxygen atoms in total. The van der Waals surface area contributed by atoms with E-state index in [0.29, 0.717) is 10.4 Å². The Balaban J connectivity index is 1.95. The normalized spacial score (nSPS) is 18.2. The fourth-order valence-corrected chi connectivity index (χ4v) is 4.97. The first-order valence-electron chi connectivity index (χ1n) is 9.48. The van der Waals surface area contributed by atoms with Crippen LogP contribution in [0.5, 0.6) is 0 Å². The van der Waals surface area contributed by atoms with Gasteiger partial charge in [0, 0.05) is 16.1 Å². The number of Topliss-reactive ketones (excluding diaryl/α,β-unsaturated/α-hetero) is 1. The van der Waals surface area contributed by atoms with E-state index in [1.807, 2.05) is 0 Å². The highest BCUT2D eigenvalue weighted by Crippen LogP contribution is 2.46. The SMILES string of the molecule is Cc1ccsc1C1/C(=C(/O)c2ccc(Cl)c(Cl)c2)C(=O)C(=O)N1c1cccc(C(F)(F)F)c1. The zero-order valence-corrected chi connectivity index (χ0v) is 19.1. The Labute approximate surface area is 200 Å². The number of amides is 1. The number of aryl methyl sites for hydroxylation is 1. The summed E-state index contributed by atoms with van der Waals surface area (Å²) in [7, 11) is 0.